The zero-order chi connectivity index (χ0) is 20.0. The lowest BCUT2D eigenvalue weighted by Gasteiger charge is -2.24. The quantitative estimate of drug-likeness (QED) is 0.619. The van der Waals surface area contributed by atoms with E-state index in [0.29, 0.717) is 37.3 Å². The van der Waals surface area contributed by atoms with Crippen molar-refractivity contribution in [2.75, 3.05) is 33.4 Å². The van der Waals surface area contributed by atoms with Gasteiger partial charge in [0.15, 0.2) is 0 Å². The van der Waals surface area contributed by atoms with Crippen LogP contribution in [0, 0.1) is 11.7 Å². The Kier molecular flexibility index (Phi) is 7.18. The molecule has 0 aliphatic rings. The van der Waals surface area contributed by atoms with Crippen LogP contribution in [0.2, 0.25) is 0 Å². The number of methoxy groups -OCH3 is 1. The van der Waals surface area contributed by atoms with Gasteiger partial charge in [-0.25, -0.2) is 4.39 Å². The Balaban J connectivity index is 2.28. The first-order valence-corrected chi connectivity index (χ1v) is 8.84. The minimum Gasteiger partial charge on any atom is -0.496 e. The van der Waals surface area contributed by atoms with E-state index in [2.05, 4.69) is 4.98 Å². The summed E-state index contributed by atoms with van der Waals surface area (Å²) in [4.78, 5) is 28.4. The topological polar surface area (TPSA) is 91.9 Å². The van der Waals surface area contributed by atoms with Gasteiger partial charge < -0.3 is 24.5 Å². The van der Waals surface area contributed by atoms with E-state index in [4.69, 9.17) is 9.47 Å². The highest BCUT2D eigenvalue weighted by atomic mass is 19.1. The highest BCUT2D eigenvalue weighted by Crippen LogP contribution is 2.29. The summed E-state index contributed by atoms with van der Waals surface area (Å²) in [7, 11) is 1.47. The number of halogens is 1. The molecule has 1 aromatic carbocycles. The number of benzene rings is 1. The SMILES string of the molecule is CCOCCCN(CC(C)C(=O)O)C(=O)c1cc2c(OC)ccc(F)c2[nH]1. The second kappa shape index (κ2) is 9.36. The monoisotopic (exact) mass is 380 g/mol. The van der Waals surface area contributed by atoms with E-state index in [1.807, 2.05) is 6.92 Å². The van der Waals surface area contributed by atoms with Crippen molar-refractivity contribution >= 4 is 22.8 Å². The van der Waals surface area contributed by atoms with Crippen molar-refractivity contribution in [3.63, 3.8) is 0 Å². The van der Waals surface area contributed by atoms with E-state index >= 15 is 0 Å². The summed E-state index contributed by atoms with van der Waals surface area (Å²) in [6.07, 6.45) is 0.573. The van der Waals surface area contributed by atoms with Crippen LogP contribution in [0.3, 0.4) is 0 Å². The maximum absolute atomic E-state index is 14.1. The first kappa shape index (κ1) is 20.7. The molecule has 0 fully saturated rings. The number of fused-ring (bicyclic) bond motifs is 1. The maximum Gasteiger partial charge on any atom is 0.308 e. The summed E-state index contributed by atoms with van der Waals surface area (Å²) in [6.45, 7) is 4.85. The number of aliphatic carboxylic acids is 1. The van der Waals surface area contributed by atoms with Crippen molar-refractivity contribution in [2.45, 2.75) is 20.3 Å². The van der Waals surface area contributed by atoms with Crippen LogP contribution in [-0.4, -0.2) is 60.3 Å². The van der Waals surface area contributed by atoms with Gasteiger partial charge in [0.1, 0.15) is 17.3 Å². The molecule has 7 nitrogen and oxygen atoms in total. The molecule has 148 valence electrons. The Morgan fingerprint density at radius 2 is 2.11 bits per heavy atom. The van der Waals surface area contributed by atoms with E-state index in [1.165, 1.54) is 30.2 Å². The van der Waals surface area contributed by atoms with Crippen molar-refractivity contribution in [1.29, 1.82) is 0 Å². The van der Waals surface area contributed by atoms with E-state index in [0.717, 1.165) is 0 Å². The predicted molar refractivity (Wildman–Crippen MR) is 98.6 cm³/mol. The van der Waals surface area contributed by atoms with E-state index in [1.54, 1.807) is 6.92 Å². The molecule has 1 unspecified atom stereocenters. The van der Waals surface area contributed by atoms with E-state index < -0.39 is 23.6 Å². The Labute approximate surface area is 157 Å². The molecular weight excluding hydrogens is 355 g/mol. The van der Waals surface area contributed by atoms with Gasteiger partial charge in [0.25, 0.3) is 5.91 Å². The lowest BCUT2D eigenvalue weighted by atomic mass is 10.1. The molecule has 0 aliphatic carbocycles. The van der Waals surface area contributed by atoms with Crippen LogP contribution >= 0.6 is 0 Å². The maximum atomic E-state index is 14.1. The van der Waals surface area contributed by atoms with Gasteiger partial charge in [-0.05, 0) is 31.5 Å². The fourth-order valence-electron chi connectivity index (χ4n) is 2.81. The van der Waals surface area contributed by atoms with Crippen molar-refractivity contribution in [3.8, 4) is 5.75 Å². The molecule has 0 radical (unpaired) electrons. The fraction of sp³-hybridized carbons (Fsp3) is 0.474. The van der Waals surface area contributed by atoms with Gasteiger partial charge in [-0.2, -0.15) is 0 Å². The number of carboxylic acids is 1. The number of rotatable bonds is 10. The third-order valence-corrected chi connectivity index (χ3v) is 4.28. The van der Waals surface area contributed by atoms with Crippen LogP contribution in [0.4, 0.5) is 4.39 Å². The third-order valence-electron chi connectivity index (χ3n) is 4.28. The minimum absolute atomic E-state index is 0.0509. The van der Waals surface area contributed by atoms with Gasteiger partial charge >= 0.3 is 5.97 Å². The van der Waals surface area contributed by atoms with Crippen LogP contribution in [0.15, 0.2) is 18.2 Å². The zero-order valence-corrected chi connectivity index (χ0v) is 15.8. The third kappa shape index (κ3) is 4.97. The standard InChI is InChI=1S/C19H25FN2O5/c1-4-27-9-5-8-22(11-12(2)19(24)25)18(23)15-10-13-16(26-3)7-6-14(20)17(13)21-15/h6-7,10,12,21H,4-5,8-9,11H2,1-3H3,(H,24,25). The van der Waals surface area contributed by atoms with Crippen LogP contribution in [0.1, 0.15) is 30.8 Å². The number of ether oxygens (including phenoxy) is 2. The van der Waals surface area contributed by atoms with Gasteiger partial charge in [0.2, 0.25) is 0 Å². The van der Waals surface area contributed by atoms with E-state index in [-0.39, 0.29) is 17.8 Å². The van der Waals surface area contributed by atoms with Crippen LogP contribution in [0.25, 0.3) is 10.9 Å². The summed E-state index contributed by atoms with van der Waals surface area (Å²) < 4.78 is 24.6. The first-order chi connectivity index (χ1) is 12.9. The van der Waals surface area contributed by atoms with Crippen LogP contribution < -0.4 is 4.74 Å². The van der Waals surface area contributed by atoms with E-state index in [9.17, 15) is 19.1 Å². The molecule has 1 atom stereocenters. The number of carboxylic acid groups (broad SMARTS) is 1. The number of nitrogens with zero attached hydrogens (tertiary/aromatic N) is 1. The molecule has 0 aliphatic heterocycles. The van der Waals surface area contributed by atoms with Crippen LogP contribution in [-0.2, 0) is 9.53 Å². The second-order valence-corrected chi connectivity index (χ2v) is 6.26. The molecule has 27 heavy (non-hydrogen) atoms. The number of aromatic amines is 1. The molecule has 1 amide bonds. The number of aromatic nitrogens is 1. The highest BCUT2D eigenvalue weighted by molar-refractivity contribution is 6.00. The molecule has 0 bridgehead atoms. The number of hydrogen-bond donors (Lipinski definition) is 2. The summed E-state index contributed by atoms with van der Waals surface area (Å²) in [5.74, 6) is -2.15. The molecule has 1 aromatic heterocycles. The Morgan fingerprint density at radius 3 is 2.74 bits per heavy atom. The Bertz CT molecular complexity index is 805. The molecule has 1 heterocycles. The molecule has 0 saturated carbocycles. The zero-order valence-electron chi connectivity index (χ0n) is 15.8. The lowest BCUT2D eigenvalue weighted by Crippen LogP contribution is -2.38. The van der Waals surface area contributed by atoms with Gasteiger partial charge in [-0.15, -0.1) is 0 Å². The molecule has 0 spiro atoms. The normalized spacial score (nSPS) is 12.1. The molecule has 8 heteroatoms. The highest BCUT2D eigenvalue weighted by Gasteiger charge is 2.24. The largest absolute Gasteiger partial charge is 0.496 e. The van der Waals surface area contributed by atoms with Crippen molar-refractivity contribution in [2.24, 2.45) is 5.92 Å². The van der Waals surface area contributed by atoms with Gasteiger partial charge in [0.05, 0.1) is 18.5 Å². The minimum atomic E-state index is -0.984. The number of H-pyrrole nitrogens is 1. The van der Waals surface area contributed by atoms with Crippen molar-refractivity contribution < 1.29 is 28.6 Å². The summed E-state index contributed by atoms with van der Waals surface area (Å²) in [5.41, 5.74) is 0.362. The Morgan fingerprint density at radius 1 is 1.37 bits per heavy atom. The van der Waals surface area contributed by atoms with Gasteiger partial charge in [-0.3, -0.25) is 9.59 Å². The number of carbonyl (C=O) groups excluding carboxylic acids is 1. The number of hydrogen-bond acceptors (Lipinski definition) is 4. The molecule has 2 N–H and O–H groups in total. The van der Waals surface area contributed by atoms with Gasteiger partial charge in [0, 0.05) is 31.7 Å². The van der Waals surface area contributed by atoms with Crippen molar-refractivity contribution in [1.82, 2.24) is 9.88 Å². The number of carbonyl (C=O) groups is 2. The average Bonchev–Trinajstić information content (AvgIpc) is 3.10. The molecule has 2 aromatic rings. The van der Waals surface area contributed by atoms with Crippen molar-refractivity contribution in [3.05, 3.63) is 29.7 Å². The lowest BCUT2D eigenvalue weighted by molar-refractivity contribution is -0.141. The fourth-order valence-corrected chi connectivity index (χ4v) is 2.81. The average molecular weight is 380 g/mol. The molecule has 2 rings (SSSR count). The second-order valence-electron chi connectivity index (χ2n) is 6.26. The molecule has 0 saturated heterocycles. The first-order valence-electron chi connectivity index (χ1n) is 8.84. The number of amides is 1. The summed E-state index contributed by atoms with van der Waals surface area (Å²) in [6, 6.07) is 4.28. The predicted octanol–water partition coefficient (Wildman–Crippen LogP) is 2.91. The molecular formula is C19H25FN2O5. The summed E-state index contributed by atoms with van der Waals surface area (Å²) >= 11 is 0. The Hall–Kier alpha value is -2.61. The smallest absolute Gasteiger partial charge is 0.308 e. The summed E-state index contributed by atoms with van der Waals surface area (Å²) in [5, 5.41) is 9.63. The number of nitrogens with one attached hydrogen (secondary N) is 1. The van der Waals surface area contributed by atoms with Gasteiger partial charge in [-0.1, -0.05) is 6.92 Å². The van der Waals surface area contributed by atoms with Crippen LogP contribution in [0.5, 0.6) is 5.75 Å².